The second-order valence-electron chi connectivity index (χ2n) is 37.8. The van der Waals surface area contributed by atoms with Crippen molar-refractivity contribution in [3.8, 4) is 0 Å². The van der Waals surface area contributed by atoms with Gasteiger partial charge in [0, 0.05) is 183 Å². The molecule has 7 saturated carbocycles. The van der Waals surface area contributed by atoms with Crippen LogP contribution >= 0.6 is 0 Å². The third-order valence-corrected chi connectivity index (χ3v) is 36.1. The molecular weight excluding hydrogens is 1700 g/mol. The summed E-state index contributed by atoms with van der Waals surface area (Å²) in [5, 5.41) is 0. The fraction of sp³-hybridized carbons (Fsp3) is 0.884. The number of hydrogen-bond donors (Lipinski definition) is 0. The minimum Gasteiger partial charge on any atom is -0.465 e. The highest BCUT2D eigenvalue weighted by atomic mass is 28.2. The number of Topliss-reactive ketones (excluding diaryl/α,β-unsaturated/α-hetero) is 1. The summed E-state index contributed by atoms with van der Waals surface area (Å²) in [6.07, 6.45) is 33.2. The van der Waals surface area contributed by atoms with E-state index >= 15 is 0 Å². The van der Waals surface area contributed by atoms with E-state index in [4.69, 9.17) is 66.3 Å². The van der Waals surface area contributed by atoms with Crippen LogP contribution in [0.3, 0.4) is 0 Å². The Kier molecular flexibility index (Phi) is 43.9. The first-order valence-corrected chi connectivity index (χ1v) is 62.4. The molecule has 7 aliphatic carbocycles. The standard InChI is InChI=1S/2C13H22O3Si.C12H20O3Si.C11H18O3Si.2C7H14O2Si.3C6H12O2Si.C5H10O2Si/c14-12-13(2-4-16-12)8-9-6-10(13)7-11(9)15-3-1-5-17;14-12-7-13(8-16-12)6-9-4-10(13)11(5-9)15-2-1-3-17;13-12-11-7-4-8(9(11)6-15-12)10(5-7)14-2-1-3-16;12-8-4-7-10-6(8)5-9(14-10)11(7)13-2-1-3-15;8-7-6(2-1-5-10)3-4-9-7;8-7-4-6(5-9-7)2-1-3-10;7-6-5(2-4-9)1-3-8-6;7-6-3-5(1-2-9)4-8-6;7-6-2-1-5(8-6)3-4-9;6-5-1-4(3-8)2-7-5/h2*9-11H,1-8H2,17H3;7-11H,1-6H2,16H3;6-7,9-11H,1-5H2,15H3;2*6H,1-5H2,10H3;3*5H,1-4H2,9H3;4H,1-3H2,8H3. The van der Waals surface area contributed by atoms with E-state index in [1.54, 1.807) is 0 Å². The number of fused-ring (bicyclic) bond motifs is 12. The number of ether oxygens (including phenoxy) is 14. The normalized spacial score (nSPS) is 36.4. The van der Waals surface area contributed by atoms with Crippen LogP contribution in [0.1, 0.15) is 193 Å². The van der Waals surface area contributed by atoms with Gasteiger partial charge in [0.25, 0.3) is 0 Å². The Balaban J connectivity index is 0.000000154. The first-order valence-electron chi connectivity index (χ1n) is 48.2. The highest BCUT2D eigenvalue weighted by Crippen LogP contribution is 2.62. The van der Waals surface area contributed by atoms with E-state index in [0.717, 1.165) is 103 Å². The molecule has 0 radical (unpaired) electrons. The number of ketones is 1. The van der Waals surface area contributed by atoms with Gasteiger partial charge in [-0.3, -0.25) is 47.9 Å². The van der Waals surface area contributed by atoms with Crippen molar-refractivity contribution >= 4 is 162 Å². The molecule has 18 rings (SSSR count). The molecule has 0 aromatic carbocycles. The van der Waals surface area contributed by atoms with Gasteiger partial charge < -0.3 is 66.3 Å². The number of carbonyl (C=O) groups is 10. The van der Waals surface area contributed by atoms with Crippen LogP contribution in [-0.4, -0.2) is 284 Å². The van der Waals surface area contributed by atoms with Gasteiger partial charge in [-0.25, -0.2) is 0 Å². The lowest BCUT2D eigenvalue weighted by Crippen LogP contribution is -2.38. The molecule has 684 valence electrons. The van der Waals surface area contributed by atoms with E-state index < -0.39 is 0 Å². The summed E-state index contributed by atoms with van der Waals surface area (Å²) < 4.78 is 74.4. The topological polar surface area (TPSA) is 300 Å². The Morgan fingerprint density at radius 3 is 1.50 bits per heavy atom. The lowest BCUT2D eigenvalue weighted by molar-refractivity contribution is -0.150. The van der Waals surface area contributed by atoms with Crippen molar-refractivity contribution in [3.05, 3.63) is 0 Å². The molecule has 0 aromatic heterocycles. The van der Waals surface area contributed by atoms with Crippen molar-refractivity contribution in [2.45, 2.75) is 296 Å². The van der Waals surface area contributed by atoms with Gasteiger partial charge in [0.15, 0.2) is 0 Å². The summed E-state index contributed by atoms with van der Waals surface area (Å²) in [4.78, 5) is 110. The Morgan fingerprint density at radius 1 is 0.417 bits per heavy atom. The fourth-order valence-corrected chi connectivity index (χ4v) is 26.9. The largest absolute Gasteiger partial charge is 0.465 e. The zero-order valence-corrected chi connectivity index (χ0v) is 95.3. The highest BCUT2D eigenvalue weighted by Gasteiger charge is 2.64. The maximum Gasteiger partial charge on any atom is 0.312 e. The summed E-state index contributed by atoms with van der Waals surface area (Å²) in [6.45, 7) is 8.95. The van der Waals surface area contributed by atoms with Crippen LogP contribution in [0.15, 0.2) is 0 Å². The summed E-state index contributed by atoms with van der Waals surface area (Å²) >= 11 is 0. The minimum absolute atomic E-state index is 0.00153. The Labute approximate surface area is 746 Å². The summed E-state index contributed by atoms with van der Waals surface area (Å²) in [7, 11) is 12.5. The number of rotatable bonds is 29. The van der Waals surface area contributed by atoms with Gasteiger partial charge in [0.2, 0.25) is 0 Å². The summed E-state index contributed by atoms with van der Waals surface area (Å²) in [5.74, 6) is 7.81. The number of cyclic esters (lactones) is 9. The van der Waals surface area contributed by atoms with Crippen LogP contribution in [0, 0.1) is 99.6 Å². The molecular formula is C86H156O24Si10. The van der Waals surface area contributed by atoms with Crippen LogP contribution in [-0.2, 0) is 114 Å². The van der Waals surface area contributed by atoms with Crippen molar-refractivity contribution in [2.24, 2.45) is 99.6 Å². The van der Waals surface area contributed by atoms with E-state index in [1.807, 2.05) is 0 Å². The van der Waals surface area contributed by atoms with Crippen LogP contribution in [0.2, 0.25) is 60.4 Å². The van der Waals surface area contributed by atoms with Crippen molar-refractivity contribution in [1.82, 2.24) is 0 Å². The molecule has 2 spiro atoms. The van der Waals surface area contributed by atoms with Gasteiger partial charge >= 0.3 is 53.7 Å². The Morgan fingerprint density at radius 2 is 1.00 bits per heavy atom. The van der Waals surface area contributed by atoms with Crippen LogP contribution in [0.4, 0.5) is 0 Å². The lowest BCUT2D eigenvalue weighted by atomic mass is 9.71. The Hall–Kier alpha value is -3.13. The summed E-state index contributed by atoms with van der Waals surface area (Å²) in [5.41, 5.74) is 0.0633. The predicted molar refractivity (Wildman–Crippen MR) is 493 cm³/mol. The Bertz CT molecular complexity index is 3200. The van der Waals surface area contributed by atoms with Gasteiger partial charge in [-0.15, -0.1) is 0 Å². The molecule has 120 heavy (non-hydrogen) atoms. The summed E-state index contributed by atoms with van der Waals surface area (Å²) in [6, 6.07) is 12.9. The van der Waals surface area contributed by atoms with E-state index in [-0.39, 0.29) is 113 Å². The molecule has 11 saturated heterocycles. The van der Waals surface area contributed by atoms with E-state index in [0.29, 0.717) is 175 Å². The lowest BCUT2D eigenvalue weighted by Gasteiger charge is -2.36. The SMILES string of the molecule is O=C1CC(CCC[SiH3])CO1.O=C1CC(CC[SiH3])CO1.O=C1CC(C[SiH3])CO1.O=C1CC2(CO1)CC1CC(OCCC[SiH3])C2C1.O=C1CC2C(OCCC[SiH3])C3CC1C2O3.O=C1CCC(CC[SiH3])O1.O=C1OCC2C3CC(CC3OCCC[SiH3])C12.O=C1OCCC12CC1CC2CC1OCCC[SiH3].O=C1OCCC1CCC[SiH3].O=C1OCCC1CC[SiH3]. The van der Waals surface area contributed by atoms with Gasteiger partial charge in [0.1, 0.15) is 11.9 Å². The fourth-order valence-electron chi connectivity index (χ4n) is 22.2. The van der Waals surface area contributed by atoms with Gasteiger partial charge in [-0.05, 0) is 177 Å². The second kappa shape index (κ2) is 52.4. The van der Waals surface area contributed by atoms with E-state index in [2.05, 4.69) is 0 Å². The average molecular weight is 1860 g/mol. The monoisotopic (exact) mass is 1850 g/mol. The molecule has 0 N–H and O–H groups in total. The first kappa shape index (κ1) is 101. The van der Waals surface area contributed by atoms with Crippen LogP contribution in [0.5, 0.6) is 0 Å². The third kappa shape index (κ3) is 28.9. The minimum atomic E-state index is -0.0950. The van der Waals surface area contributed by atoms with E-state index in [1.165, 1.54) is 246 Å². The van der Waals surface area contributed by atoms with Crippen molar-refractivity contribution in [3.63, 3.8) is 0 Å². The quantitative estimate of drug-likeness (QED) is 0.0436. The molecule has 24 atom stereocenters. The predicted octanol–water partition coefficient (Wildman–Crippen LogP) is 0.986. The number of carbonyl (C=O) groups excluding carboxylic acids is 10. The molecule has 24 nitrogen and oxygen atoms in total. The molecule has 11 aliphatic heterocycles. The van der Waals surface area contributed by atoms with Crippen LogP contribution in [0.25, 0.3) is 0 Å². The second-order valence-corrected chi connectivity index (χ2v) is 47.6. The number of esters is 9. The maximum absolute atomic E-state index is 11.9. The zero-order chi connectivity index (χ0) is 86.1. The maximum atomic E-state index is 11.9. The molecule has 0 aromatic rings. The molecule has 24 unspecified atom stereocenters. The average Bonchev–Trinajstić information content (AvgIpc) is 1.59. The van der Waals surface area contributed by atoms with Gasteiger partial charge in [-0.2, -0.15) is 0 Å². The third-order valence-electron chi connectivity index (χ3n) is 29.0. The molecule has 8 bridgehead atoms. The van der Waals surface area contributed by atoms with Crippen molar-refractivity contribution in [2.75, 3.05) is 79.3 Å². The smallest absolute Gasteiger partial charge is 0.312 e. The van der Waals surface area contributed by atoms with Crippen molar-refractivity contribution in [1.29, 1.82) is 0 Å². The first-order chi connectivity index (χ1) is 58.1. The molecule has 11 heterocycles. The number of hydrogen-bond acceptors (Lipinski definition) is 24. The molecule has 0 amide bonds. The van der Waals surface area contributed by atoms with Crippen molar-refractivity contribution < 1.29 is 114 Å². The van der Waals surface area contributed by atoms with E-state index in [9.17, 15) is 47.9 Å². The molecule has 34 heteroatoms. The van der Waals surface area contributed by atoms with Crippen LogP contribution < -0.4 is 0 Å². The molecule has 18 fully saturated rings. The highest BCUT2D eigenvalue weighted by molar-refractivity contribution is 6.10. The van der Waals surface area contributed by atoms with Gasteiger partial charge in [0.05, 0.1) is 138 Å². The molecule has 18 aliphatic rings. The van der Waals surface area contributed by atoms with Gasteiger partial charge in [-0.1, -0.05) is 73.3 Å². The zero-order valence-electron chi connectivity index (χ0n) is 75.3.